The fourth-order valence-electron chi connectivity index (χ4n) is 0.300. The van der Waals surface area contributed by atoms with Crippen LogP contribution >= 0.6 is 11.3 Å². The molecule has 0 aromatic carbocycles. The summed E-state index contributed by atoms with van der Waals surface area (Å²) >= 11 is 1.55. The summed E-state index contributed by atoms with van der Waals surface area (Å²) in [4.78, 5) is 3.88. The maximum absolute atomic E-state index is 3.88. The van der Waals surface area contributed by atoms with Crippen LogP contribution in [0.2, 0.25) is 0 Å². The van der Waals surface area contributed by atoms with Gasteiger partial charge in [-0.05, 0) is 0 Å². The molecule has 1 rings (SSSR count). The molecule has 0 aliphatic carbocycles. The number of rotatable bonds is 1. The van der Waals surface area contributed by atoms with Crippen LogP contribution in [0, 0.1) is 7.05 Å². The molecule has 0 aliphatic rings. The van der Waals surface area contributed by atoms with Gasteiger partial charge in [-0.15, -0.1) is 11.3 Å². The molecule has 0 saturated carbocycles. The molecule has 0 spiro atoms. The van der Waals surface area contributed by atoms with Crippen molar-refractivity contribution in [2.24, 2.45) is 0 Å². The lowest BCUT2D eigenvalue weighted by Crippen LogP contribution is -1.80. The highest BCUT2D eigenvalue weighted by Crippen LogP contribution is 2.04. The third-order valence-electron chi connectivity index (χ3n) is 0.613. The molecule has 0 bridgehead atoms. The largest absolute Gasteiger partial charge is 0.368 e. The molecular weight excluding hydrogens is 108 g/mol. The van der Waals surface area contributed by atoms with Crippen LogP contribution in [0.4, 0.5) is 5.82 Å². The summed E-state index contributed by atoms with van der Waals surface area (Å²) in [5, 5.41) is 4.55. The van der Waals surface area contributed by atoms with Crippen molar-refractivity contribution < 1.29 is 0 Å². The Morgan fingerprint density at radius 2 is 2.71 bits per heavy atom. The molecule has 0 unspecified atom stereocenters. The summed E-state index contributed by atoms with van der Waals surface area (Å²) in [6.45, 7) is 0. The van der Waals surface area contributed by atoms with E-state index in [-0.39, 0.29) is 0 Å². The van der Waals surface area contributed by atoms with E-state index < -0.39 is 0 Å². The molecule has 1 N–H and O–H groups in total. The van der Waals surface area contributed by atoms with E-state index in [1.807, 2.05) is 5.38 Å². The number of hydrogen-bond donors (Lipinski definition) is 1. The molecule has 0 amide bonds. The average molecular weight is 113 g/mol. The number of anilines is 1. The van der Waals surface area contributed by atoms with Gasteiger partial charge in [-0.25, -0.2) is 4.98 Å². The second-order valence-electron chi connectivity index (χ2n) is 1.05. The zero-order valence-corrected chi connectivity index (χ0v) is 4.53. The van der Waals surface area contributed by atoms with Crippen LogP contribution in [-0.4, -0.2) is 4.98 Å². The third-order valence-corrected chi connectivity index (χ3v) is 1.20. The first-order valence-corrected chi connectivity index (χ1v) is 2.79. The lowest BCUT2D eigenvalue weighted by molar-refractivity contribution is 1.39. The van der Waals surface area contributed by atoms with E-state index in [1.54, 1.807) is 16.8 Å². The van der Waals surface area contributed by atoms with Crippen LogP contribution in [-0.2, 0) is 0 Å². The lowest BCUT2D eigenvalue weighted by atomic mass is 10.8. The highest BCUT2D eigenvalue weighted by atomic mass is 32.1. The van der Waals surface area contributed by atoms with Crippen LogP contribution < -0.4 is 5.32 Å². The van der Waals surface area contributed by atoms with Gasteiger partial charge in [0.1, 0.15) is 5.82 Å². The first-order valence-electron chi connectivity index (χ1n) is 1.85. The molecule has 2 nitrogen and oxygen atoms in total. The Kier molecular flexibility index (Phi) is 1.26. The van der Waals surface area contributed by atoms with Crippen LogP contribution in [0.1, 0.15) is 0 Å². The van der Waals surface area contributed by atoms with E-state index in [2.05, 4.69) is 17.3 Å². The van der Waals surface area contributed by atoms with Gasteiger partial charge in [-0.2, -0.15) is 0 Å². The number of nitrogens with zero attached hydrogens (tertiary/aromatic N) is 1. The quantitative estimate of drug-likeness (QED) is 0.594. The van der Waals surface area contributed by atoms with Gasteiger partial charge in [0, 0.05) is 12.4 Å². The zero-order chi connectivity index (χ0) is 5.11. The molecule has 0 atom stereocenters. The average Bonchev–Trinajstić information content (AvgIpc) is 2.14. The van der Waals surface area contributed by atoms with Gasteiger partial charge in [0.15, 0.2) is 0 Å². The number of thiazole rings is 1. The van der Waals surface area contributed by atoms with Crippen LogP contribution in [0.3, 0.4) is 0 Å². The standard InChI is InChI=1S/C4H5N2S/c1-5-4-2-7-3-6-4/h2-3,5H,1H2. The lowest BCUT2D eigenvalue weighted by Gasteiger charge is -1.84. The van der Waals surface area contributed by atoms with Crippen molar-refractivity contribution in [2.75, 3.05) is 5.32 Å². The topological polar surface area (TPSA) is 24.9 Å². The molecule has 7 heavy (non-hydrogen) atoms. The summed E-state index contributed by atoms with van der Waals surface area (Å²) in [5.74, 6) is 0.838. The van der Waals surface area contributed by atoms with Gasteiger partial charge in [0.05, 0.1) is 5.51 Å². The number of nitrogens with one attached hydrogen (secondary N) is 1. The number of aromatic nitrogens is 1. The van der Waals surface area contributed by atoms with Crippen LogP contribution in [0.25, 0.3) is 0 Å². The van der Waals surface area contributed by atoms with Crippen LogP contribution in [0.15, 0.2) is 10.9 Å². The molecule has 0 fully saturated rings. The van der Waals surface area contributed by atoms with E-state index >= 15 is 0 Å². The van der Waals surface area contributed by atoms with E-state index in [1.165, 1.54) is 0 Å². The molecule has 1 heterocycles. The summed E-state index contributed by atoms with van der Waals surface area (Å²) in [5.41, 5.74) is 1.76. The van der Waals surface area contributed by atoms with Crippen molar-refractivity contribution in [3.8, 4) is 0 Å². The van der Waals surface area contributed by atoms with Gasteiger partial charge in [-0.1, -0.05) is 0 Å². The predicted molar refractivity (Wildman–Crippen MR) is 31.1 cm³/mol. The fraction of sp³-hybridized carbons (Fsp3) is 0. The number of hydrogen-bond acceptors (Lipinski definition) is 3. The fourth-order valence-corrected chi connectivity index (χ4v) is 0.808. The Morgan fingerprint density at radius 1 is 1.86 bits per heavy atom. The summed E-state index contributed by atoms with van der Waals surface area (Å²) in [6.07, 6.45) is 0. The molecule has 3 heteroatoms. The summed E-state index contributed by atoms with van der Waals surface area (Å²) in [6, 6.07) is 0. The first kappa shape index (κ1) is 4.59. The van der Waals surface area contributed by atoms with Gasteiger partial charge < -0.3 is 5.32 Å². The van der Waals surface area contributed by atoms with Gasteiger partial charge in [-0.3, -0.25) is 0 Å². The normalized spacial score (nSPS) is 8.71. The van der Waals surface area contributed by atoms with E-state index in [9.17, 15) is 0 Å². The second kappa shape index (κ2) is 1.93. The highest BCUT2D eigenvalue weighted by molar-refractivity contribution is 7.07. The Balaban J connectivity index is 2.76. The van der Waals surface area contributed by atoms with Gasteiger partial charge in [0.25, 0.3) is 0 Å². The molecule has 0 saturated heterocycles. The van der Waals surface area contributed by atoms with Gasteiger partial charge in [0.2, 0.25) is 0 Å². The van der Waals surface area contributed by atoms with E-state index in [4.69, 9.17) is 0 Å². The van der Waals surface area contributed by atoms with E-state index in [0.29, 0.717) is 0 Å². The van der Waals surface area contributed by atoms with Crippen molar-refractivity contribution in [2.45, 2.75) is 0 Å². The second-order valence-corrected chi connectivity index (χ2v) is 1.77. The first-order chi connectivity index (χ1) is 3.43. The maximum Gasteiger partial charge on any atom is 0.137 e. The minimum atomic E-state index is 0.838. The predicted octanol–water partition coefficient (Wildman–Crippen LogP) is 1.35. The Morgan fingerprint density at radius 3 is 3.00 bits per heavy atom. The monoisotopic (exact) mass is 113 g/mol. The van der Waals surface area contributed by atoms with Crippen molar-refractivity contribution in [3.63, 3.8) is 0 Å². The molecule has 1 aromatic heterocycles. The SMILES string of the molecule is [CH2]Nc1cscn1. The maximum atomic E-state index is 3.88. The summed E-state index contributed by atoms with van der Waals surface area (Å²) in [7, 11) is 3.42. The minimum absolute atomic E-state index is 0.838. The molecule has 1 aromatic rings. The Hall–Kier alpha value is -0.570. The van der Waals surface area contributed by atoms with Crippen molar-refractivity contribution >= 4 is 17.2 Å². The Bertz CT molecular complexity index is 124. The van der Waals surface area contributed by atoms with Crippen LogP contribution in [0.5, 0.6) is 0 Å². The van der Waals surface area contributed by atoms with Crippen molar-refractivity contribution in [1.29, 1.82) is 0 Å². The van der Waals surface area contributed by atoms with E-state index in [0.717, 1.165) is 5.82 Å². The minimum Gasteiger partial charge on any atom is -0.368 e. The Labute approximate surface area is 46.2 Å². The zero-order valence-electron chi connectivity index (χ0n) is 3.72. The molecular formula is C4H5N2S. The molecule has 1 radical (unpaired) electrons. The van der Waals surface area contributed by atoms with Crippen molar-refractivity contribution in [1.82, 2.24) is 4.98 Å². The van der Waals surface area contributed by atoms with Gasteiger partial charge >= 0.3 is 0 Å². The summed E-state index contributed by atoms with van der Waals surface area (Å²) < 4.78 is 0. The van der Waals surface area contributed by atoms with Crippen molar-refractivity contribution in [3.05, 3.63) is 17.9 Å². The molecule has 0 aliphatic heterocycles. The highest BCUT2D eigenvalue weighted by Gasteiger charge is 1.82. The third kappa shape index (κ3) is 0.899. The molecule has 37 valence electrons. The smallest absolute Gasteiger partial charge is 0.137 e.